The van der Waals surface area contributed by atoms with Gasteiger partial charge in [0.2, 0.25) is 0 Å². The van der Waals surface area contributed by atoms with Crippen molar-refractivity contribution in [2.75, 3.05) is 0 Å². The highest BCUT2D eigenvalue weighted by molar-refractivity contribution is 6.09. The van der Waals surface area contributed by atoms with Crippen molar-refractivity contribution in [2.45, 2.75) is 63.6 Å². The number of carbonyl (C=O) groups is 2. The summed E-state index contributed by atoms with van der Waals surface area (Å²) in [5, 5.41) is 28.9. The van der Waals surface area contributed by atoms with Crippen LogP contribution in [-0.2, 0) is 9.59 Å². The van der Waals surface area contributed by atoms with E-state index in [-0.39, 0.29) is 24.2 Å². The molecule has 0 saturated heterocycles. The number of ketones is 1. The van der Waals surface area contributed by atoms with E-state index >= 15 is 0 Å². The standard InChI is InChI=1S/C20H28O5/c1-2-3-4-5-6-7-14-20(25)15-13-18(22)17(20)10-8-9-16(21)11-12-19(23)24/h6-10,13,15-16,21,25H,2-5,11-12,14H2,1H3,(H,23,24)/b7-6-,9-8+,17-10+/t16-,20-/m0/s1. The third kappa shape index (κ3) is 7.63. The summed E-state index contributed by atoms with van der Waals surface area (Å²) in [5.41, 5.74) is -1.07. The molecule has 0 heterocycles. The average Bonchev–Trinajstić information content (AvgIpc) is 2.85. The lowest BCUT2D eigenvalue weighted by molar-refractivity contribution is -0.137. The second-order valence-electron chi connectivity index (χ2n) is 6.26. The van der Waals surface area contributed by atoms with Crippen LogP contribution in [0.4, 0.5) is 0 Å². The van der Waals surface area contributed by atoms with Crippen molar-refractivity contribution in [2.24, 2.45) is 0 Å². The monoisotopic (exact) mass is 348 g/mol. The molecule has 0 aromatic carbocycles. The third-order valence-electron chi connectivity index (χ3n) is 4.06. The number of carbonyl (C=O) groups excluding carboxylic acids is 1. The van der Waals surface area contributed by atoms with Crippen LogP contribution >= 0.6 is 0 Å². The van der Waals surface area contributed by atoms with E-state index in [1.807, 2.05) is 12.2 Å². The normalized spacial score (nSPS) is 23.3. The molecule has 25 heavy (non-hydrogen) atoms. The molecule has 5 heteroatoms. The smallest absolute Gasteiger partial charge is 0.303 e. The fraction of sp³-hybridized carbons (Fsp3) is 0.500. The molecule has 0 aliphatic heterocycles. The zero-order valence-electron chi connectivity index (χ0n) is 14.7. The van der Waals surface area contributed by atoms with E-state index in [0.717, 1.165) is 19.3 Å². The quantitative estimate of drug-likeness (QED) is 0.303. The summed E-state index contributed by atoms with van der Waals surface area (Å²) < 4.78 is 0. The predicted molar refractivity (Wildman–Crippen MR) is 97.1 cm³/mol. The van der Waals surface area contributed by atoms with E-state index in [1.165, 1.54) is 36.8 Å². The number of carboxylic acid groups (broad SMARTS) is 1. The van der Waals surface area contributed by atoms with Crippen LogP contribution in [-0.4, -0.2) is 38.8 Å². The first kappa shape index (κ1) is 21.1. The SMILES string of the molecule is CCCCC/C=C\C[C@]1(O)C=CC(=O)/C1=C\C=C\[C@H](O)CCC(=O)O. The summed E-state index contributed by atoms with van der Waals surface area (Å²) in [6.45, 7) is 2.14. The number of hydrogen-bond donors (Lipinski definition) is 3. The van der Waals surface area contributed by atoms with Gasteiger partial charge in [0.25, 0.3) is 0 Å². The van der Waals surface area contributed by atoms with Crippen LogP contribution in [0.1, 0.15) is 51.9 Å². The first-order valence-corrected chi connectivity index (χ1v) is 8.79. The van der Waals surface area contributed by atoms with Crippen molar-refractivity contribution < 1.29 is 24.9 Å². The Morgan fingerprint density at radius 2 is 2.08 bits per heavy atom. The van der Waals surface area contributed by atoms with Crippen LogP contribution in [0.2, 0.25) is 0 Å². The summed E-state index contributed by atoms with van der Waals surface area (Å²) in [4.78, 5) is 22.4. The Balaban J connectivity index is 2.62. The van der Waals surface area contributed by atoms with Gasteiger partial charge in [-0.15, -0.1) is 0 Å². The molecule has 0 radical (unpaired) electrons. The summed E-state index contributed by atoms with van der Waals surface area (Å²) >= 11 is 0. The van der Waals surface area contributed by atoms with Crippen molar-refractivity contribution in [3.05, 3.63) is 48.1 Å². The van der Waals surface area contributed by atoms with Gasteiger partial charge < -0.3 is 15.3 Å². The van der Waals surface area contributed by atoms with Crippen molar-refractivity contribution >= 4 is 11.8 Å². The van der Waals surface area contributed by atoms with E-state index in [9.17, 15) is 19.8 Å². The van der Waals surface area contributed by atoms with Gasteiger partial charge in [-0.3, -0.25) is 9.59 Å². The molecule has 2 atom stereocenters. The number of aliphatic hydroxyl groups excluding tert-OH is 1. The molecular formula is C20H28O5. The highest BCUT2D eigenvalue weighted by Gasteiger charge is 2.35. The van der Waals surface area contributed by atoms with Gasteiger partial charge in [0.05, 0.1) is 6.10 Å². The maximum absolute atomic E-state index is 11.9. The Kier molecular flexibility index (Phi) is 9.10. The zero-order chi connectivity index (χ0) is 18.7. The first-order valence-electron chi connectivity index (χ1n) is 8.79. The Hall–Kier alpha value is -1.98. The minimum atomic E-state index is -1.32. The first-order chi connectivity index (χ1) is 11.9. The minimum Gasteiger partial charge on any atom is -0.481 e. The van der Waals surface area contributed by atoms with Crippen LogP contribution in [0.3, 0.4) is 0 Å². The molecular weight excluding hydrogens is 320 g/mol. The molecule has 0 unspecified atom stereocenters. The van der Waals surface area contributed by atoms with Crippen LogP contribution in [0.5, 0.6) is 0 Å². The third-order valence-corrected chi connectivity index (χ3v) is 4.06. The Bertz CT molecular complexity index is 571. The zero-order valence-corrected chi connectivity index (χ0v) is 14.7. The lowest BCUT2D eigenvalue weighted by atomic mass is 9.92. The number of allylic oxidation sites excluding steroid dienone is 4. The Labute approximate surface area is 149 Å². The van der Waals surface area contributed by atoms with E-state index in [2.05, 4.69) is 6.92 Å². The largest absolute Gasteiger partial charge is 0.481 e. The van der Waals surface area contributed by atoms with Gasteiger partial charge in [-0.05, 0) is 31.4 Å². The lowest BCUT2D eigenvalue weighted by Gasteiger charge is -2.20. The van der Waals surface area contributed by atoms with E-state index in [1.54, 1.807) is 0 Å². The second kappa shape index (κ2) is 10.8. The van der Waals surface area contributed by atoms with E-state index in [4.69, 9.17) is 5.11 Å². The van der Waals surface area contributed by atoms with Gasteiger partial charge in [0.1, 0.15) is 5.60 Å². The predicted octanol–water partition coefficient (Wildman–Crippen LogP) is 3.09. The van der Waals surface area contributed by atoms with Gasteiger partial charge in [0, 0.05) is 18.4 Å². The van der Waals surface area contributed by atoms with Crippen LogP contribution in [0.15, 0.2) is 48.1 Å². The molecule has 0 fully saturated rings. The van der Waals surface area contributed by atoms with Crippen molar-refractivity contribution in [1.82, 2.24) is 0 Å². The fourth-order valence-electron chi connectivity index (χ4n) is 2.55. The highest BCUT2D eigenvalue weighted by Crippen LogP contribution is 2.30. The number of hydrogen-bond acceptors (Lipinski definition) is 4. The topological polar surface area (TPSA) is 94.8 Å². The van der Waals surface area contributed by atoms with Crippen molar-refractivity contribution in [3.63, 3.8) is 0 Å². The number of carboxylic acids is 1. The van der Waals surface area contributed by atoms with Gasteiger partial charge in [-0.25, -0.2) is 0 Å². The number of rotatable bonds is 11. The number of aliphatic hydroxyl groups is 2. The minimum absolute atomic E-state index is 0.103. The van der Waals surface area contributed by atoms with Crippen LogP contribution in [0, 0.1) is 0 Å². The molecule has 0 spiro atoms. The molecule has 0 saturated carbocycles. The highest BCUT2D eigenvalue weighted by atomic mass is 16.4. The van der Waals surface area contributed by atoms with Crippen molar-refractivity contribution in [3.8, 4) is 0 Å². The van der Waals surface area contributed by atoms with E-state index in [0.29, 0.717) is 6.42 Å². The lowest BCUT2D eigenvalue weighted by Crippen LogP contribution is -2.27. The second-order valence-corrected chi connectivity index (χ2v) is 6.26. The van der Waals surface area contributed by atoms with Crippen LogP contribution < -0.4 is 0 Å². The van der Waals surface area contributed by atoms with E-state index < -0.39 is 17.7 Å². The Morgan fingerprint density at radius 3 is 2.76 bits per heavy atom. The molecule has 1 rings (SSSR count). The maximum Gasteiger partial charge on any atom is 0.303 e. The molecule has 0 bridgehead atoms. The van der Waals surface area contributed by atoms with Crippen molar-refractivity contribution in [1.29, 1.82) is 0 Å². The van der Waals surface area contributed by atoms with Gasteiger partial charge >= 0.3 is 5.97 Å². The molecule has 0 amide bonds. The van der Waals surface area contributed by atoms with Gasteiger partial charge in [0.15, 0.2) is 5.78 Å². The Morgan fingerprint density at radius 1 is 1.32 bits per heavy atom. The molecule has 1 aliphatic rings. The average molecular weight is 348 g/mol. The summed E-state index contributed by atoms with van der Waals surface area (Å²) in [7, 11) is 0. The summed E-state index contributed by atoms with van der Waals surface area (Å²) in [6.07, 6.45) is 14.9. The van der Waals surface area contributed by atoms with Crippen LogP contribution in [0.25, 0.3) is 0 Å². The molecule has 0 aromatic heterocycles. The molecule has 138 valence electrons. The number of aliphatic carboxylic acids is 1. The maximum atomic E-state index is 11.9. The summed E-state index contributed by atoms with van der Waals surface area (Å²) in [5.74, 6) is -1.23. The van der Waals surface area contributed by atoms with Gasteiger partial charge in [-0.2, -0.15) is 0 Å². The summed E-state index contributed by atoms with van der Waals surface area (Å²) in [6, 6.07) is 0. The molecule has 1 aliphatic carbocycles. The molecule has 3 N–H and O–H groups in total. The van der Waals surface area contributed by atoms with Gasteiger partial charge in [-0.1, -0.05) is 50.1 Å². The fourth-order valence-corrected chi connectivity index (χ4v) is 2.55. The molecule has 0 aromatic rings. The number of unbranched alkanes of at least 4 members (excludes halogenated alkanes) is 3. The molecule has 5 nitrogen and oxygen atoms in total.